The van der Waals surface area contributed by atoms with Gasteiger partial charge in [-0.3, -0.25) is 4.98 Å². The van der Waals surface area contributed by atoms with Crippen LogP contribution in [0.4, 0.5) is 0 Å². The van der Waals surface area contributed by atoms with Crippen LogP contribution in [0.15, 0.2) is 24.5 Å². The SMILES string of the molecule is [CH2]C#CCc1cccnc1. The number of nitrogens with zero attached hydrogens (tertiary/aromatic N) is 1. The minimum absolute atomic E-state index is 0.747. The fourth-order valence-electron chi connectivity index (χ4n) is 0.667. The summed E-state index contributed by atoms with van der Waals surface area (Å²) in [6.45, 7) is 3.42. The van der Waals surface area contributed by atoms with Crippen LogP contribution in [0.1, 0.15) is 5.56 Å². The summed E-state index contributed by atoms with van der Waals surface area (Å²) in [7, 11) is 0. The Balaban J connectivity index is 2.64. The maximum atomic E-state index is 3.95. The highest BCUT2D eigenvalue weighted by atomic mass is 14.6. The molecule has 0 aliphatic carbocycles. The van der Waals surface area contributed by atoms with Gasteiger partial charge in [0.2, 0.25) is 0 Å². The predicted molar refractivity (Wildman–Crippen MR) is 41.1 cm³/mol. The van der Waals surface area contributed by atoms with E-state index in [1.165, 1.54) is 0 Å². The van der Waals surface area contributed by atoms with Crippen molar-refractivity contribution in [1.82, 2.24) is 4.98 Å². The van der Waals surface area contributed by atoms with E-state index in [-0.39, 0.29) is 0 Å². The highest BCUT2D eigenvalue weighted by Crippen LogP contribution is 1.94. The Kier molecular flexibility index (Phi) is 2.51. The van der Waals surface area contributed by atoms with Gasteiger partial charge in [-0.2, -0.15) is 0 Å². The Morgan fingerprint density at radius 1 is 1.60 bits per heavy atom. The first-order valence-electron chi connectivity index (χ1n) is 3.07. The lowest BCUT2D eigenvalue weighted by Crippen LogP contribution is -1.80. The molecule has 1 aromatic rings. The third kappa shape index (κ3) is 1.91. The molecule has 1 heteroatoms. The molecule has 0 spiro atoms. The zero-order valence-electron chi connectivity index (χ0n) is 5.67. The molecule has 1 heterocycles. The Morgan fingerprint density at radius 3 is 3.10 bits per heavy atom. The fourth-order valence-corrected chi connectivity index (χ4v) is 0.667. The number of rotatable bonds is 1. The molecule has 1 nitrogen and oxygen atoms in total. The highest BCUT2D eigenvalue weighted by Gasteiger charge is 1.84. The number of hydrogen-bond donors (Lipinski definition) is 0. The van der Waals surface area contributed by atoms with Crippen LogP contribution < -0.4 is 0 Å². The molecular formula is C9H8N. The van der Waals surface area contributed by atoms with Crippen molar-refractivity contribution < 1.29 is 0 Å². The van der Waals surface area contributed by atoms with Crippen LogP contribution >= 0.6 is 0 Å². The van der Waals surface area contributed by atoms with E-state index in [0.717, 1.165) is 12.0 Å². The minimum atomic E-state index is 0.747. The van der Waals surface area contributed by atoms with E-state index in [2.05, 4.69) is 23.7 Å². The molecule has 0 N–H and O–H groups in total. The number of hydrogen-bond acceptors (Lipinski definition) is 1. The number of pyridine rings is 1. The second-order valence-corrected chi connectivity index (χ2v) is 1.89. The average Bonchev–Trinajstić information content (AvgIpc) is 2.03. The van der Waals surface area contributed by atoms with Crippen molar-refractivity contribution >= 4 is 0 Å². The molecule has 0 bridgehead atoms. The maximum Gasteiger partial charge on any atom is 0.0355 e. The van der Waals surface area contributed by atoms with E-state index < -0.39 is 0 Å². The molecule has 1 rings (SSSR count). The summed E-state index contributed by atoms with van der Waals surface area (Å²) in [5.41, 5.74) is 1.14. The van der Waals surface area contributed by atoms with Crippen molar-refractivity contribution in [2.75, 3.05) is 0 Å². The summed E-state index contributed by atoms with van der Waals surface area (Å²) < 4.78 is 0. The monoisotopic (exact) mass is 130 g/mol. The maximum absolute atomic E-state index is 3.95. The normalized spacial score (nSPS) is 8.10. The van der Waals surface area contributed by atoms with E-state index >= 15 is 0 Å². The van der Waals surface area contributed by atoms with Crippen molar-refractivity contribution in [3.8, 4) is 11.8 Å². The first-order chi connectivity index (χ1) is 4.93. The number of aromatic nitrogens is 1. The Labute approximate surface area is 61.1 Å². The summed E-state index contributed by atoms with van der Waals surface area (Å²) in [6, 6.07) is 3.90. The smallest absolute Gasteiger partial charge is 0.0355 e. The van der Waals surface area contributed by atoms with E-state index in [1.54, 1.807) is 6.20 Å². The first kappa shape index (κ1) is 6.82. The van der Waals surface area contributed by atoms with Gasteiger partial charge in [0.15, 0.2) is 0 Å². The van der Waals surface area contributed by atoms with Gasteiger partial charge in [0.05, 0.1) is 0 Å². The molecule has 0 unspecified atom stereocenters. The Bertz CT molecular complexity index is 240. The lowest BCUT2D eigenvalue weighted by molar-refractivity contribution is 1.21. The van der Waals surface area contributed by atoms with Gasteiger partial charge in [-0.25, -0.2) is 0 Å². The molecule has 10 heavy (non-hydrogen) atoms. The Morgan fingerprint density at radius 2 is 2.50 bits per heavy atom. The van der Waals surface area contributed by atoms with Crippen molar-refractivity contribution in [3.05, 3.63) is 37.0 Å². The second-order valence-electron chi connectivity index (χ2n) is 1.89. The summed E-state index contributed by atoms with van der Waals surface area (Å²) in [5.74, 6) is 5.45. The van der Waals surface area contributed by atoms with Crippen LogP contribution in [0, 0.1) is 18.8 Å². The summed E-state index contributed by atoms with van der Waals surface area (Å²) in [6.07, 6.45) is 4.31. The second kappa shape index (κ2) is 3.68. The molecular weight excluding hydrogens is 122 g/mol. The molecule has 0 saturated heterocycles. The Hall–Kier alpha value is -1.29. The van der Waals surface area contributed by atoms with Crippen molar-refractivity contribution in [3.63, 3.8) is 0 Å². The van der Waals surface area contributed by atoms with Gasteiger partial charge in [0.25, 0.3) is 0 Å². The summed E-state index contributed by atoms with van der Waals surface area (Å²) >= 11 is 0. The van der Waals surface area contributed by atoms with Crippen molar-refractivity contribution in [1.29, 1.82) is 0 Å². The quantitative estimate of drug-likeness (QED) is 0.524. The van der Waals surface area contributed by atoms with Crippen LogP contribution in [0.5, 0.6) is 0 Å². The summed E-state index contributed by atoms with van der Waals surface area (Å²) in [5, 5.41) is 0. The molecule has 0 aromatic carbocycles. The summed E-state index contributed by atoms with van der Waals surface area (Å²) in [4.78, 5) is 3.95. The standard InChI is InChI=1S/C9H8N/c1-2-3-5-9-6-4-7-10-8-9/h4,6-8H,1,5H2. The molecule has 0 aliphatic heterocycles. The minimum Gasteiger partial charge on any atom is -0.264 e. The van der Waals surface area contributed by atoms with Gasteiger partial charge >= 0.3 is 0 Å². The van der Waals surface area contributed by atoms with Gasteiger partial charge in [-0.15, -0.1) is 5.92 Å². The highest BCUT2D eigenvalue weighted by molar-refractivity contribution is 5.17. The van der Waals surface area contributed by atoms with Crippen LogP contribution in [0.25, 0.3) is 0 Å². The van der Waals surface area contributed by atoms with Crippen molar-refractivity contribution in [2.45, 2.75) is 6.42 Å². The van der Waals surface area contributed by atoms with Crippen LogP contribution in [0.2, 0.25) is 0 Å². The largest absolute Gasteiger partial charge is 0.264 e. The van der Waals surface area contributed by atoms with Crippen LogP contribution in [-0.2, 0) is 6.42 Å². The molecule has 0 atom stereocenters. The topological polar surface area (TPSA) is 12.9 Å². The van der Waals surface area contributed by atoms with Gasteiger partial charge in [0, 0.05) is 25.7 Å². The van der Waals surface area contributed by atoms with Gasteiger partial charge in [-0.1, -0.05) is 12.0 Å². The zero-order chi connectivity index (χ0) is 7.23. The van der Waals surface area contributed by atoms with E-state index in [1.807, 2.05) is 18.3 Å². The van der Waals surface area contributed by atoms with E-state index in [0.29, 0.717) is 0 Å². The van der Waals surface area contributed by atoms with Gasteiger partial charge < -0.3 is 0 Å². The average molecular weight is 130 g/mol. The van der Waals surface area contributed by atoms with Crippen LogP contribution in [-0.4, -0.2) is 4.98 Å². The zero-order valence-corrected chi connectivity index (χ0v) is 5.67. The third-order valence-corrected chi connectivity index (χ3v) is 1.14. The first-order valence-corrected chi connectivity index (χ1v) is 3.07. The lowest BCUT2D eigenvalue weighted by atomic mass is 10.2. The van der Waals surface area contributed by atoms with Gasteiger partial charge in [0.1, 0.15) is 0 Å². The third-order valence-electron chi connectivity index (χ3n) is 1.14. The predicted octanol–water partition coefficient (Wildman–Crippen LogP) is 1.46. The molecule has 0 fully saturated rings. The molecule has 0 amide bonds. The fraction of sp³-hybridized carbons (Fsp3) is 0.111. The molecule has 0 saturated carbocycles. The molecule has 0 aliphatic rings. The van der Waals surface area contributed by atoms with Crippen LogP contribution in [0.3, 0.4) is 0 Å². The lowest BCUT2D eigenvalue weighted by Gasteiger charge is -1.89. The molecule has 49 valence electrons. The molecule has 1 aromatic heterocycles. The van der Waals surface area contributed by atoms with Gasteiger partial charge in [-0.05, 0) is 11.6 Å². The van der Waals surface area contributed by atoms with Crippen molar-refractivity contribution in [2.24, 2.45) is 0 Å². The van der Waals surface area contributed by atoms with E-state index in [4.69, 9.17) is 0 Å². The molecule has 1 radical (unpaired) electrons. The van der Waals surface area contributed by atoms with E-state index in [9.17, 15) is 0 Å².